The van der Waals surface area contributed by atoms with Crippen LogP contribution in [0.1, 0.15) is 101 Å². The molecule has 0 aromatic carbocycles. The van der Waals surface area contributed by atoms with E-state index in [4.69, 9.17) is 17.2 Å². The van der Waals surface area contributed by atoms with Crippen LogP contribution in [0.2, 0.25) is 0 Å². The fraction of sp³-hybridized carbons (Fsp3) is 0.765. The summed E-state index contributed by atoms with van der Waals surface area (Å²) in [6, 6.07) is -5.64. The molecule has 0 bridgehead atoms. The van der Waals surface area contributed by atoms with Gasteiger partial charge in [-0.3, -0.25) is 38.4 Å². The molecule has 0 radical (unpaired) electrons. The highest BCUT2D eigenvalue weighted by Crippen LogP contribution is 2.23. The van der Waals surface area contributed by atoms with Crippen LogP contribution in [0, 0.1) is 29.6 Å². The molecule has 0 aromatic rings. The summed E-state index contributed by atoms with van der Waals surface area (Å²) in [6.45, 7) is 15.5. The van der Waals surface area contributed by atoms with Crippen molar-refractivity contribution in [3.05, 3.63) is 0 Å². The van der Waals surface area contributed by atoms with Crippen molar-refractivity contribution in [2.24, 2.45) is 46.8 Å². The first kappa shape index (κ1) is 46.7. The Balaban J connectivity index is 6.15. The Labute approximate surface area is 301 Å². The van der Waals surface area contributed by atoms with E-state index in [1.165, 1.54) is 0 Å². The fourth-order valence-electron chi connectivity index (χ4n) is 5.46. The summed E-state index contributed by atoms with van der Waals surface area (Å²) in [5.41, 5.74) is 16.1. The van der Waals surface area contributed by atoms with Gasteiger partial charge in [0.25, 0.3) is 0 Å². The minimum atomic E-state index is -1.50. The van der Waals surface area contributed by atoms with Gasteiger partial charge in [0.1, 0.15) is 24.2 Å². The Morgan fingerprint density at radius 2 is 1.18 bits per heavy atom. The molecule has 0 aliphatic heterocycles. The molecule has 8 amide bonds. The zero-order valence-corrected chi connectivity index (χ0v) is 31.5. The van der Waals surface area contributed by atoms with E-state index < -0.39 is 95.9 Å². The standard InChI is InChI=1S/C34H62N8O9/c1-10-19(8)29(30(37)47)42-34(51)28(18(6)7)41-31(48)21(17(4)5)14-25(44)23(13-16(2)3)39-33(50)24(15-27(36)46)40-32(49)22(38-20(9)43)11-12-26(35)45/h16-19,21-25,28-29,44H,10-15H2,1-9H3,(H2,35,45)(H2,36,46)(H2,37,47)(H,38,43)(H,39,50)(H,40,49)(H,41,48)(H,42,51)/t19?,21-,22+,23+,24+,25+,28+,29+/m1/s1. The van der Waals surface area contributed by atoms with Gasteiger partial charge in [-0.2, -0.15) is 0 Å². The van der Waals surface area contributed by atoms with E-state index in [2.05, 4.69) is 26.6 Å². The molecule has 8 atom stereocenters. The minimum absolute atomic E-state index is 0.0591. The van der Waals surface area contributed by atoms with Crippen molar-refractivity contribution in [3.63, 3.8) is 0 Å². The quantitative estimate of drug-likeness (QED) is 0.0578. The number of aliphatic hydroxyl groups is 1. The van der Waals surface area contributed by atoms with Gasteiger partial charge in [-0.05, 0) is 42.9 Å². The van der Waals surface area contributed by atoms with E-state index in [0.717, 1.165) is 6.92 Å². The van der Waals surface area contributed by atoms with Crippen LogP contribution in [0.25, 0.3) is 0 Å². The largest absolute Gasteiger partial charge is 0.391 e. The van der Waals surface area contributed by atoms with Crippen LogP contribution < -0.4 is 43.8 Å². The van der Waals surface area contributed by atoms with Crippen molar-refractivity contribution in [3.8, 4) is 0 Å². The topological polar surface area (TPSA) is 295 Å². The number of nitrogens with two attached hydrogens (primary N) is 3. The van der Waals surface area contributed by atoms with Gasteiger partial charge in [-0.1, -0.05) is 61.8 Å². The fourth-order valence-corrected chi connectivity index (χ4v) is 5.46. The lowest BCUT2D eigenvalue weighted by molar-refractivity contribution is -0.136. The van der Waals surface area contributed by atoms with Crippen LogP contribution in [0.15, 0.2) is 0 Å². The maximum Gasteiger partial charge on any atom is 0.243 e. The number of hydrogen-bond acceptors (Lipinski definition) is 9. The van der Waals surface area contributed by atoms with Crippen molar-refractivity contribution in [2.45, 2.75) is 137 Å². The molecule has 0 aliphatic rings. The van der Waals surface area contributed by atoms with E-state index in [9.17, 15) is 43.5 Å². The van der Waals surface area contributed by atoms with E-state index in [0.29, 0.717) is 6.42 Å². The number of aliphatic hydroxyl groups excluding tert-OH is 1. The molecule has 0 aliphatic carbocycles. The van der Waals surface area contributed by atoms with Gasteiger partial charge in [0, 0.05) is 19.3 Å². The third-order valence-electron chi connectivity index (χ3n) is 8.63. The third-order valence-corrected chi connectivity index (χ3v) is 8.63. The molecular formula is C34H62N8O9. The molecule has 0 spiro atoms. The zero-order valence-electron chi connectivity index (χ0n) is 31.5. The Morgan fingerprint density at radius 1 is 0.627 bits per heavy atom. The number of primary amides is 3. The normalized spacial score (nSPS) is 16.1. The first-order valence-corrected chi connectivity index (χ1v) is 17.5. The van der Waals surface area contributed by atoms with E-state index in [-0.39, 0.29) is 49.4 Å². The molecule has 12 N–H and O–H groups in total. The van der Waals surface area contributed by atoms with Gasteiger partial charge < -0.3 is 48.9 Å². The average molecular weight is 727 g/mol. The van der Waals surface area contributed by atoms with Crippen LogP contribution in [-0.4, -0.2) is 88.7 Å². The number of rotatable bonds is 24. The number of carbonyl (C=O) groups is 8. The number of amides is 8. The Hall–Kier alpha value is -4.28. The van der Waals surface area contributed by atoms with Gasteiger partial charge in [0.15, 0.2) is 0 Å². The van der Waals surface area contributed by atoms with Gasteiger partial charge in [0.05, 0.1) is 18.6 Å². The van der Waals surface area contributed by atoms with E-state index >= 15 is 0 Å². The molecule has 0 saturated carbocycles. The van der Waals surface area contributed by atoms with Gasteiger partial charge >= 0.3 is 0 Å². The van der Waals surface area contributed by atoms with Crippen LogP contribution in [-0.2, 0) is 38.4 Å². The van der Waals surface area contributed by atoms with Crippen molar-refractivity contribution < 1.29 is 43.5 Å². The molecular weight excluding hydrogens is 664 g/mol. The second-order valence-corrected chi connectivity index (χ2v) is 14.4. The predicted molar refractivity (Wildman–Crippen MR) is 189 cm³/mol. The van der Waals surface area contributed by atoms with E-state index in [1.807, 2.05) is 20.8 Å². The van der Waals surface area contributed by atoms with Crippen molar-refractivity contribution >= 4 is 47.3 Å². The smallest absolute Gasteiger partial charge is 0.243 e. The van der Waals surface area contributed by atoms with Crippen LogP contribution in [0.3, 0.4) is 0 Å². The summed E-state index contributed by atoms with van der Waals surface area (Å²) in [5, 5.41) is 24.3. The lowest BCUT2D eigenvalue weighted by atomic mass is 9.85. The molecule has 17 heteroatoms. The van der Waals surface area contributed by atoms with Gasteiger partial charge in [0.2, 0.25) is 47.3 Å². The maximum absolute atomic E-state index is 13.7. The van der Waals surface area contributed by atoms with Gasteiger partial charge in [-0.25, -0.2) is 0 Å². The number of nitrogens with one attached hydrogen (secondary N) is 5. The Kier molecular flexibility index (Phi) is 20.6. The highest BCUT2D eigenvalue weighted by atomic mass is 16.3. The summed E-state index contributed by atoms with van der Waals surface area (Å²) in [7, 11) is 0. The second-order valence-electron chi connectivity index (χ2n) is 14.4. The third kappa shape index (κ3) is 17.5. The molecule has 17 nitrogen and oxygen atoms in total. The van der Waals surface area contributed by atoms with E-state index in [1.54, 1.807) is 34.6 Å². The summed E-state index contributed by atoms with van der Waals surface area (Å²) in [5.74, 6) is -7.54. The second kappa shape index (κ2) is 22.5. The van der Waals surface area contributed by atoms with Crippen molar-refractivity contribution in [2.75, 3.05) is 0 Å². The SMILES string of the molecule is CCC(C)[C@H](NC(=O)[C@@H](NC(=O)[C@H](C[C@H](O)[C@H](CC(C)C)NC(=O)[C@H](CC(N)=O)NC(=O)[C@H](CCC(N)=O)NC(C)=O)C(C)C)C(C)C)C(N)=O. The van der Waals surface area contributed by atoms with Crippen LogP contribution >= 0.6 is 0 Å². The lowest BCUT2D eigenvalue weighted by Crippen LogP contribution is -2.58. The minimum Gasteiger partial charge on any atom is -0.391 e. The lowest BCUT2D eigenvalue weighted by Gasteiger charge is -2.32. The number of hydrogen-bond donors (Lipinski definition) is 9. The monoisotopic (exact) mass is 726 g/mol. The first-order chi connectivity index (χ1) is 23.5. The first-order valence-electron chi connectivity index (χ1n) is 17.5. The maximum atomic E-state index is 13.7. The molecule has 1 unspecified atom stereocenters. The summed E-state index contributed by atoms with van der Waals surface area (Å²) in [6.07, 6.45) is -1.63. The molecule has 0 saturated heterocycles. The summed E-state index contributed by atoms with van der Waals surface area (Å²) >= 11 is 0. The molecule has 0 fully saturated rings. The molecule has 0 heterocycles. The number of carbonyl (C=O) groups excluding carboxylic acids is 8. The molecule has 292 valence electrons. The van der Waals surface area contributed by atoms with Crippen molar-refractivity contribution in [1.29, 1.82) is 0 Å². The average Bonchev–Trinajstić information content (AvgIpc) is 3.00. The van der Waals surface area contributed by atoms with Gasteiger partial charge in [-0.15, -0.1) is 0 Å². The summed E-state index contributed by atoms with van der Waals surface area (Å²) in [4.78, 5) is 100. The highest BCUT2D eigenvalue weighted by molar-refractivity contribution is 5.95. The predicted octanol–water partition coefficient (Wildman–Crippen LogP) is -1.17. The Bertz CT molecular complexity index is 1230. The van der Waals surface area contributed by atoms with Crippen LogP contribution in [0.4, 0.5) is 0 Å². The van der Waals surface area contributed by atoms with Crippen molar-refractivity contribution in [1.82, 2.24) is 26.6 Å². The van der Waals surface area contributed by atoms with Crippen LogP contribution in [0.5, 0.6) is 0 Å². The molecule has 0 rings (SSSR count). The molecule has 0 aromatic heterocycles. The molecule has 51 heavy (non-hydrogen) atoms. The summed E-state index contributed by atoms with van der Waals surface area (Å²) < 4.78 is 0. The Morgan fingerprint density at radius 3 is 1.61 bits per heavy atom. The highest BCUT2D eigenvalue weighted by Gasteiger charge is 2.36. The zero-order chi connectivity index (χ0) is 39.7.